The van der Waals surface area contributed by atoms with Crippen molar-refractivity contribution in [2.75, 3.05) is 0 Å². The van der Waals surface area contributed by atoms with Gasteiger partial charge >= 0.3 is 0 Å². The lowest BCUT2D eigenvalue weighted by atomic mass is 10.1. The van der Waals surface area contributed by atoms with E-state index >= 15 is 0 Å². The molecule has 0 saturated heterocycles. The van der Waals surface area contributed by atoms with E-state index < -0.39 is 11.5 Å². The van der Waals surface area contributed by atoms with Gasteiger partial charge in [0.2, 0.25) is 0 Å². The van der Waals surface area contributed by atoms with Crippen LogP contribution in [0.4, 0.5) is 0 Å². The van der Waals surface area contributed by atoms with Crippen molar-refractivity contribution in [3.8, 4) is 0 Å². The van der Waals surface area contributed by atoms with Crippen molar-refractivity contribution in [1.29, 1.82) is 0 Å². The van der Waals surface area contributed by atoms with Crippen LogP contribution in [0.1, 0.15) is 21.6 Å². The van der Waals surface area contributed by atoms with E-state index in [4.69, 9.17) is 5.84 Å². The van der Waals surface area contributed by atoms with Crippen molar-refractivity contribution >= 4 is 5.91 Å². The van der Waals surface area contributed by atoms with E-state index in [9.17, 15) is 9.59 Å². The molecule has 1 aromatic rings. The third-order valence-corrected chi connectivity index (χ3v) is 1.83. The summed E-state index contributed by atoms with van der Waals surface area (Å²) >= 11 is 0. The first-order chi connectivity index (χ1) is 6.07. The van der Waals surface area contributed by atoms with Gasteiger partial charge in [-0.2, -0.15) is 5.10 Å². The molecule has 0 unspecified atom stereocenters. The highest BCUT2D eigenvalue weighted by Gasteiger charge is 2.14. The number of carbonyl (C=O) groups excluding carboxylic acids is 1. The maximum absolute atomic E-state index is 11.2. The van der Waals surface area contributed by atoms with Crippen molar-refractivity contribution in [2.45, 2.75) is 13.8 Å². The monoisotopic (exact) mass is 182 g/mol. The fraction of sp³-hybridized carbons (Fsp3) is 0.286. The Morgan fingerprint density at radius 3 is 2.69 bits per heavy atom. The summed E-state index contributed by atoms with van der Waals surface area (Å²) in [6.07, 6.45) is 0. The van der Waals surface area contributed by atoms with Crippen LogP contribution in [-0.4, -0.2) is 16.1 Å². The van der Waals surface area contributed by atoms with Gasteiger partial charge in [-0.15, -0.1) is 0 Å². The first kappa shape index (κ1) is 9.40. The molecule has 6 nitrogen and oxygen atoms in total. The molecule has 0 aromatic carbocycles. The first-order valence-corrected chi connectivity index (χ1v) is 3.64. The molecule has 1 aromatic heterocycles. The van der Waals surface area contributed by atoms with Gasteiger partial charge in [0.1, 0.15) is 5.56 Å². The summed E-state index contributed by atoms with van der Waals surface area (Å²) in [6, 6.07) is 0. The van der Waals surface area contributed by atoms with Crippen LogP contribution in [0.25, 0.3) is 0 Å². The van der Waals surface area contributed by atoms with Crippen LogP contribution >= 0.6 is 0 Å². The van der Waals surface area contributed by atoms with E-state index in [2.05, 4.69) is 10.2 Å². The van der Waals surface area contributed by atoms with Gasteiger partial charge < -0.3 is 0 Å². The fourth-order valence-corrected chi connectivity index (χ4v) is 0.971. The average molecular weight is 182 g/mol. The van der Waals surface area contributed by atoms with Crippen LogP contribution in [0.3, 0.4) is 0 Å². The number of aryl methyl sites for hydroxylation is 1. The second-order valence-corrected chi connectivity index (χ2v) is 2.61. The molecule has 0 aliphatic rings. The summed E-state index contributed by atoms with van der Waals surface area (Å²) < 4.78 is 0. The number of nitrogens with zero attached hydrogens (tertiary/aromatic N) is 1. The van der Waals surface area contributed by atoms with Crippen LogP contribution in [0.5, 0.6) is 0 Å². The second-order valence-electron chi connectivity index (χ2n) is 2.61. The summed E-state index contributed by atoms with van der Waals surface area (Å²) in [5.41, 5.74) is 2.51. The Kier molecular flexibility index (Phi) is 2.43. The normalized spacial score (nSPS) is 9.77. The number of hydrogen-bond donors (Lipinski definition) is 3. The van der Waals surface area contributed by atoms with Crippen molar-refractivity contribution in [1.82, 2.24) is 15.6 Å². The van der Waals surface area contributed by atoms with Gasteiger partial charge in [-0.3, -0.25) is 15.0 Å². The van der Waals surface area contributed by atoms with Crippen LogP contribution in [-0.2, 0) is 0 Å². The van der Waals surface area contributed by atoms with Crippen LogP contribution in [0.2, 0.25) is 0 Å². The number of rotatable bonds is 1. The van der Waals surface area contributed by atoms with Crippen molar-refractivity contribution in [3.63, 3.8) is 0 Å². The lowest BCUT2D eigenvalue weighted by Crippen LogP contribution is -2.35. The number of hydrazine groups is 1. The Hall–Kier alpha value is -1.69. The summed E-state index contributed by atoms with van der Waals surface area (Å²) in [4.78, 5) is 22.3. The SMILES string of the molecule is Cc1n[nH]c(=O)c(C(=O)NN)c1C. The maximum Gasteiger partial charge on any atom is 0.277 e. The molecule has 0 aliphatic heterocycles. The van der Waals surface area contributed by atoms with Gasteiger partial charge in [0.15, 0.2) is 0 Å². The standard InChI is InChI=1S/C7H10N4O2/c1-3-4(2)10-11-7(13)5(3)6(12)9-8/h8H2,1-2H3,(H,9,12)(H,11,13). The largest absolute Gasteiger partial charge is 0.290 e. The molecule has 0 spiro atoms. The Morgan fingerprint density at radius 2 is 2.15 bits per heavy atom. The maximum atomic E-state index is 11.2. The van der Waals surface area contributed by atoms with E-state index in [1.807, 2.05) is 5.43 Å². The number of amides is 1. The third-order valence-electron chi connectivity index (χ3n) is 1.83. The molecule has 6 heteroatoms. The van der Waals surface area contributed by atoms with E-state index in [1.54, 1.807) is 13.8 Å². The number of aromatic nitrogens is 2. The number of nitrogens with one attached hydrogen (secondary N) is 2. The quantitative estimate of drug-likeness (QED) is 0.294. The third kappa shape index (κ3) is 1.57. The average Bonchev–Trinajstić information content (AvgIpc) is 2.12. The first-order valence-electron chi connectivity index (χ1n) is 3.64. The summed E-state index contributed by atoms with van der Waals surface area (Å²) in [5.74, 6) is 4.31. The zero-order valence-corrected chi connectivity index (χ0v) is 7.34. The Bertz CT molecular complexity index is 396. The van der Waals surface area contributed by atoms with Crippen LogP contribution < -0.4 is 16.8 Å². The molecule has 4 N–H and O–H groups in total. The van der Waals surface area contributed by atoms with E-state index in [-0.39, 0.29) is 5.56 Å². The van der Waals surface area contributed by atoms with Crippen LogP contribution in [0, 0.1) is 13.8 Å². The molecular formula is C7H10N4O2. The lowest BCUT2D eigenvalue weighted by Gasteiger charge is -2.03. The van der Waals surface area contributed by atoms with Gasteiger partial charge in [0.25, 0.3) is 11.5 Å². The Labute approximate surface area is 74.1 Å². The fourth-order valence-electron chi connectivity index (χ4n) is 0.971. The molecule has 0 saturated carbocycles. The highest BCUT2D eigenvalue weighted by atomic mass is 16.2. The molecule has 0 bridgehead atoms. The van der Waals surface area contributed by atoms with Crippen molar-refractivity contribution in [2.24, 2.45) is 5.84 Å². The number of H-pyrrole nitrogens is 1. The lowest BCUT2D eigenvalue weighted by molar-refractivity contribution is 0.0951. The molecule has 13 heavy (non-hydrogen) atoms. The highest BCUT2D eigenvalue weighted by Crippen LogP contribution is 2.03. The molecule has 1 amide bonds. The Balaban J connectivity index is 3.42. The van der Waals surface area contributed by atoms with Crippen molar-refractivity contribution in [3.05, 3.63) is 27.2 Å². The molecule has 0 radical (unpaired) electrons. The van der Waals surface area contributed by atoms with Gasteiger partial charge in [-0.25, -0.2) is 10.9 Å². The number of hydrogen-bond acceptors (Lipinski definition) is 4. The van der Waals surface area contributed by atoms with Gasteiger partial charge in [0.05, 0.1) is 5.69 Å². The zero-order chi connectivity index (χ0) is 10.0. The molecule has 0 fully saturated rings. The summed E-state index contributed by atoms with van der Waals surface area (Å²) in [5, 5.41) is 5.90. The van der Waals surface area contributed by atoms with Crippen molar-refractivity contribution < 1.29 is 4.79 Å². The van der Waals surface area contributed by atoms with E-state index in [1.165, 1.54) is 0 Å². The van der Waals surface area contributed by atoms with Gasteiger partial charge in [-0.1, -0.05) is 0 Å². The van der Waals surface area contributed by atoms with E-state index in [0.29, 0.717) is 11.3 Å². The minimum atomic E-state index is -0.607. The van der Waals surface area contributed by atoms with E-state index in [0.717, 1.165) is 0 Å². The minimum absolute atomic E-state index is 0.00926. The van der Waals surface area contributed by atoms with Crippen LogP contribution in [0.15, 0.2) is 4.79 Å². The summed E-state index contributed by atoms with van der Waals surface area (Å²) in [7, 11) is 0. The topological polar surface area (TPSA) is 101 Å². The molecular weight excluding hydrogens is 172 g/mol. The number of nitrogen functional groups attached to an aromatic ring is 1. The number of carbonyl (C=O) groups is 1. The van der Waals surface area contributed by atoms with Gasteiger partial charge in [0, 0.05) is 0 Å². The summed E-state index contributed by atoms with van der Waals surface area (Å²) in [6.45, 7) is 3.33. The molecule has 0 aliphatic carbocycles. The van der Waals surface area contributed by atoms with Gasteiger partial charge in [-0.05, 0) is 19.4 Å². The number of aromatic amines is 1. The highest BCUT2D eigenvalue weighted by molar-refractivity contribution is 5.94. The predicted octanol–water partition coefficient (Wildman–Crippen LogP) is -1.01. The molecule has 1 heterocycles. The predicted molar refractivity (Wildman–Crippen MR) is 46.0 cm³/mol. The Morgan fingerprint density at radius 1 is 1.54 bits per heavy atom. The zero-order valence-electron chi connectivity index (χ0n) is 7.34. The minimum Gasteiger partial charge on any atom is -0.290 e. The number of nitrogens with two attached hydrogens (primary N) is 1. The molecule has 70 valence electrons. The second kappa shape index (κ2) is 3.36. The molecule has 0 atom stereocenters. The smallest absolute Gasteiger partial charge is 0.277 e. The molecule has 1 rings (SSSR count).